The zero-order valence-electron chi connectivity index (χ0n) is 15.5. The molecule has 1 aromatic rings. The highest BCUT2D eigenvalue weighted by molar-refractivity contribution is 5.73. The standard InChI is InChI=1S/C17H22N2O2.C2HF3O2/c1-20-12-15-5-6-16-17(21-15)7-8-19(16)11-14-4-2-3-13(9-14)10-18;3-2(4,5)1(6)7/h2-4,9,15-17H,5-8,11-12H2,1H3;(H,6,7)/t15-,16-,17-;/m0./s1. The number of carbonyl (C=O) groups is 1. The smallest absolute Gasteiger partial charge is 0.475 e. The summed E-state index contributed by atoms with van der Waals surface area (Å²) in [5.41, 5.74) is 1.96. The average molecular weight is 400 g/mol. The van der Waals surface area contributed by atoms with E-state index in [4.69, 9.17) is 24.6 Å². The van der Waals surface area contributed by atoms with Crippen molar-refractivity contribution in [1.82, 2.24) is 4.90 Å². The summed E-state index contributed by atoms with van der Waals surface area (Å²) >= 11 is 0. The van der Waals surface area contributed by atoms with E-state index in [2.05, 4.69) is 17.0 Å². The molecule has 0 spiro atoms. The quantitative estimate of drug-likeness (QED) is 0.837. The number of nitriles is 1. The Morgan fingerprint density at radius 2 is 2.11 bits per heavy atom. The van der Waals surface area contributed by atoms with E-state index >= 15 is 0 Å². The fourth-order valence-electron chi connectivity index (χ4n) is 3.56. The topological polar surface area (TPSA) is 82.8 Å². The molecule has 1 aromatic carbocycles. The van der Waals surface area contributed by atoms with E-state index in [1.165, 1.54) is 12.0 Å². The Bertz CT molecular complexity index is 705. The lowest BCUT2D eigenvalue weighted by Gasteiger charge is -2.35. The summed E-state index contributed by atoms with van der Waals surface area (Å²) < 4.78 is 43.1. The minimum absolute atomic E-state index is 0.262. The van der Waals surface area contributed by atoms with Gasteiger partial charge in [0.15, 0.2) is 0 Å². The Balaban J connectivity index is 0.000000345. The number of alkyl halides is 3. The zero-order valence-corrected chi connectivity index (χ0v) is 15.5. The molecule has 154 valence electrons. The fraction of sp³-hybridized carbons (Fsp3) is 0.579. The highest BCUT2D eigenvalue weighted by Gasteiger charge is 2.39. The highest BCUT2D eigenvalue weighted by atomic mass is 19.4. The molecule has 6 nitrogen and oxygen atoms in total. The van der Waals surface area contributed by atoms with Crippen LogP contribution in [0.1, 0.15) is 30.4 Å². The van der Waals surface area contributed by atoms with Crippen LogP contribution in [0.15, 0.2) is 24.3 Å². The van der Waals surface area contributed by atoms with Gasteiger partial charge in [0.1, 0.15) is 0 Å². The molecular weight excluding hydrogens is 377 g/mol. The van der Waals surface area contributed by atoms with Crippen molar-refractivity contribution < 1.29 is 32.5 Å². The van der Waals surface area contributed by atoms with E-state index in [9.17, 15) is 13.2 Å². The van der Waals surface area contributed by atoms with Crippen LogP contribution in [-0.4, -0.2) is 60.7 Å². The summed E-state index contributed by atoms with van der Waals surface area (Å²) in [5.74, 6) is -2.76. The number of halogens is 3. The maximum Gasteiger partial charge on any atom is 0.490 e. The second-order valence-electron chi connectivity index (χ2n) is 6.77. The van der Waals surface area contributed by atoms with Gasteiger partial charge in [-0.2, -0.15) is 18.4 Å². The van der Waals surface area contributed by atoms with Crippen molar-refractivity contribution in [3.05, 3.63) is 35.4 Å². The molecule has 3 rings (SSSR count). The fourth-order valence-corrected chi connectivity index (χ4v) is 3.56. The van der Waals surface area contributed by atoms with E-state index in [1.807, 2.05) is 18.2 Å². The molecule has 0 amide bonds. The van der Waals surface area contributed by atoms with Crippen molar-refractivity contribution in [3.8, 4) is 6.07 Å². The van der Waals surface area contributed by atoms with Crippen LogP contribution >= 0.6 is 0 Å². The Hall–Kier alpha value is -2.15. The predicted molar refractivity (Wildman–Crippen MR) is 93.4 cm³/mol. The second kappa shape index (κ2) is 9.87. The number of rotatable bonds is 4. The van der Waals surface area contributed by atoms with Crippen LogP contribution in [0.3, 0.4) is 0 Å². The molecule has 0 radical (unpaired) electrons. The first-order valence-electron chi connectivity index (χ1n) is 8.92. The number of benzene rings is 1. The van der Waals surface area contributed by atoms with Crippen LogP contribution in [0.25, 0.3) is 0 Å². The third-order valence-corrected chi connectivity index (χ3v) is 4.79. The van der Waals surface area contributed by atoms with Crippen LogP contribution in [0, 0.1) is 11.3 Å². The van der Waals surface area contributed by atoms with Crippen LogP contribution in [0.5, 0.6) is 0 Å². The molecule has 2 aliphatic rings. The maximum absolute atomic E-state index is 10.6. The highest BCUT2D eigenvalue weighted by Crippen LogP contribution is 2.32. The summed E-state index contributed by atoms with van der Waals surface area (Å²) in [6.45, 7) is 2.69. The van der Waals surface area contributed by atoms with E-state index in [-0.39, 0.29) is 6.10 Å². The molecule has 0 bridgehead atoms. The van der Waals surface area contributed by atoms with Gasteiger partial charge in [0, 0.05) is 26.2 Å². The number of hydrogen-bond acceptors (Lipinski definition) is 5. The lowest BCUT2D eigenvalue weighted by molar-refractivity contribution is -0.192. The summed E-state index contributed by atoms with van der Waals surface area (Å²) in [6.07, 6.45) is -1.13. The molecule has 2 heterocycles. The predicted octanol–water partition coefficient (Wildman–Crippen LogP) is 2.96. The molecule has 0 aromatic heterocycles. The van der Waals surface area contributed by atoms with E-state index in [0.717, 1.165) is 31.5 Å². The number of carboxylic acid groups (broad SMARTS) is 1. The number of aliphatic carboxylic acids is 1. The average Bonchev–Trinajstić information content (AvgIpc) is 3.04. The summed E-state index contributed by atoms with van der Waals surface area (Å²) in [4.78, 5) is 11.4. The molecule has 0 saturated carbocycles. The Kier molecular flexibility index (Phi) is 7.80. The molecular formula is C19H23F3N2O4. The van der Waals surface area contributed by atoms with Gasteiger partial charge < -0.3 is 14.6 Å². The van der Waals surface area contributed by atoms with Crippen LogP contribution in [0.4, 0.5) is 13.2 Å². The van der Waals surface area contributed by atoms with Gasteiger partial charge in [-0.25, -0.2) is 4.79 Å². The molecule has 9 heteroatoms. The summed E-state index contributed by atoms with van der Waals surface area (Å²) in [7, 11) is 1.73. The minimum Gasteiger partial charge on any atom is -0.475 e. The molecule has 28 heavy (non-hydrogen) atoms. The van der Waals surface area contributed by atoms with Crippen molar-refractivity contribution in [2.75, 3.05) is 20.3 Å². The largest absolute Gasteiger partial charge is 0.490 e. The molecule has 0 unspecified atom stereocenters. The van der Waals surface area contributed by atoms with Gasteiger partial charge in [0.05, 0.1) is 30.4 Å². The van der Waals surface area contributed by atoms with Crippen molar-refractivity contribution in [2.45, 2.75) is 50.2 Å². The van der Waals surface area contributed by atoms with Gasteiger partial charge in [-0.05, 0) is 37.0 Å². The first-order chi connectivity index (χ1) is 13.2. The van der Waals surface area contributed by atoms with E-state index in [1.54, 1.807) is 7.11 Å². The minimum atomic E-state index is -5.08. The maximum atomic E-state index is 10.6. The van der Waals surface area contributed by atoms with Crippen molar-refractivity contribution in [1.29, 1.82) is 5.26 Å². The van der Waals surface area contributed by atoms with E-state index in [0.29, 0.717) is 18.8 Å². The van der Waals surface area contributed by atoms with Gasteiger partial charge in [-0.1, -0.05) is 12.1 Å². The lowest BCUT2D eigenvalue weighted by Crippen LogP contribution is -2.43. The van der Waals surface area contributed by atoms with Crippen molar-refractivity contribution in [3.63, 3.8) is 0 Å². The van der Waals surface area contributed by atoms with Gasteiger partial charge in [-0.3, -0.25) is 4.90 Å². The zero-order chi connectivity index (χ0) is 20.7. The Morgan fingerprint density at radius 3 is 2.71 bits per heavy atom. The van der Waals surface area contributed by atoms with Crippen LogP contribution < -0.4 is 0 Å². The molecule has 1 N–H and O–H groups in total. The van der Waals surface area contributed by atoms with Crippen LogP contribution in [0.2, 0.25) is 0 Å². The number of nitrogens with zero attached hydrogens (tertiary/aromatic N) is 2. The van der Waals surface area contributed by atoms with E-state index < -0.39 is 12.1 Å². The van der Waals surface area contributed by atoms with Gasteiger partial charge in [0.25, 0.3) is 0 Å². The van der Waals surface area contributed by atoms with Gasteiger partial charge >= 0.3 is 12.1 Å². The third-order valence-electron chi connectivity index (χ3n) is 4.79. The number of carboxylic acids is 1. The number of ether oxygens (including phenoxy) is 2. The van der Waals surface area contributed by atoms with Gasteiger partial charge in [0.2, 0.25) is 0 Å². The summed E-state index contributed by atoms with van der Waals surface area (Å²) in [6, 6.07) is 10.6. The van der Waals surface area contributed by atoms with Crippen molar-refractivity contribution in [2.24, 2.45) is 0 Å². The Morgan fingerprint density at radius 1 is 1.39 bits per heavy atom. The monoisotopic (exact) mass is 400 g/mol. The second-order valence-corrected chi connectivity index (χ2v) is 6.77. The SMILES string of the molecule is COC[C@@H]1CC[C@H]2[C@H](CCN2Cc2cccc(C#N)c2)O1.O=C(O)C(F)(F)F. The number of hydrogen-bond donors (Lipinski definition) is 1. The number of likely N-dealkylation sites (tertiary alicyclic amines) is 1. The molecule has 2 aliphatic heterocycles. The molecule has 3 atom stereocenters. The Labute approximate surface area is 161 Å². The molecule has 2 saturated heterocycles. The van der Waals surface area contributed by atoms with Crippen LogP contribution in [-0.2, 0) is 20.8 Å². The molecule has 2 fully saturated rings. The third kappa shape index (κ3) is 6.19. The molecule has 0 aliphatic carbocycles. The lowest BCUT2D eigenvalue weighted by atomic mass is 9.99. The van der Waals surface area contributed by atoms with Crippen molar-refractivity contribution >= 4 is 5.97 Å². The number of methoxy groups -OCH3 is 1. The van der Waals surface area contributed by atoms with Gasteiger partial charge in [-0.15, -0.1) is 0 Å². The first-order valence-corrected chi connectivity index (χ1v) is 8.92. The first kappa shape index (κ1) is 22.1. The summed E-state index contributed by atoms with van der Waals surface area (Å²) in [5, 5.41) is 16.1. The normalized spacial score (nSPS) is 24.6. The number of fused-ring (bicyclic) bond motifs is 1.